The quantitative estimate of drug-likeness (QED) is 0.552. The first-order chi connectivity index (χ1) is 10.2. The molecule has 1 aromatic rings. The average Bonchev–Trinajstić information content (AvgIpc) is 2.69. The first-order valence-corrected chi connectivity index (χ1v) is 7.54. The van der Waals surface area contributed by atoms with E-state index >= 15 is 0 Å². The van der Waals surface area contributed by atoms with Crippen LogP contribution >= 0.6 is 0 Å². The van der Waals surface area contributed by atoms with Crippen LogP contribution in [-0.2, 0) is 0 Å². The molecule has 2 atom stereocenters. The number of aromatic carboxylic acids is 1. The molecule has 0 bridgehead atoms. The van der Waals surface area contributed by atoms with E-state index in [0.717, 1.165) is 25.7 Å². The summed E-state index contributed by atoms with van der Waals surface area (Å²) in [6, 6.07) is 6.60. The van der Waals surface area contributed by atoms with Crippen molar-refractivity contribution in [3.63, 3.8) is 0 Å². The smallest absolute Gasteiger partial charge is 0.335 e. The van der Waals surface area contributed by atoms with Crippen molar-refractivity contribution in [3.05, 3.63) is 29.8 Å². The van der Waals surface area contributed by atoms with Crippen LogP contribution in [0.1, 0.15) is 42.5 Å². The minimum absolute atomic E-state index is 0.140. The van der Waals surface area contributed by atoms with Gasteiger partial charge in [0.2, 0.25) is 0 Å². The van der Waals surface area contributed by atoms with E-state index in [-0.39, 0.29) is 17.7 Å². The molecular formula is C16H23NO4. The van der Waals surface area contributed by atoms with Crippen LogP contribution in [0.15, 0.2) is 24.3 Å². The Bertz CT molecular complexity index is 463. The van der Waals surface area contributed by atoms with Gasteiger partial charge in [-0.05, 0) is 31.0 Å². The van der Waals surface area contributed by atoms with Crippen LogP contribution in [-0.4, -0.2) is 41.5 Å². The SMILES string of the molecule is O=C(O)c1cccc(OCCNC2CCCCCC2O)c1. The summed E-state index contributed by atoms with van der Waals surface area (Å²) in [6.45, 7) is 1.09. The van der Waals surface area contributed by atoms with E-state index in [1.54, 1.807) is 12.1 Å². The highest BCUT2D eigenvalue weighted by Crippen LogP contribution is 2.18. The average molecular weight is 293 g/mol. The van der Waals surface area contributed by atoms with Crippen LogP contribution in [0.3, 0.4) is 0 Å². The highest BCUT2D eigenvalue weighted by atomic mass is 16.5. The van der Waals surface area contributed by atoms with E-state index in [1.165, 1.54) is 18.6 Å². The van der Waals surface area contributed by atoms with Gasteiger partial charge in [-0.15, -0.1) is 0 Å². The molecule has 2 rings (SSSR count). The first-order valence-electron chi connectivity index (χ1n) is 7.54. The van der Waals surface area contributed by atoms with Gasteiger partial charge in [0.25, 0.3) is 0 Å². The van der Waals surface area contributed by atoms with Gasteiger partial charge in [-0.25, -0.2) is 4.79 Å². The highest BCUT2D eigenvalue weighted by Gasteiger charge is 2.20. The van der Waals surface area contributed by atoms with Crippen molar-refractivity contribution in [3.8, 4) is 5.75 Å². The van der Waals surface area contributed by atoms with E-state index in [1.807, 2.05) is 0 Å². The molecule has 5 nitrogen and oxygen atoms in total. The first kappa shape index (κ1) is 15.8. The largest absolute Gasteiger partial charge is 0.492 e. The van der Waals surface area contributed by atoms with Crippen LogP contribution in [0.5, 0.6) is 5.75 Å². The molecule has 1 aliphatic rings. The van der Waals surface area contributed by atoms with Gasteiger partial charge in [0.1, 0.15) is 12.4 Å². The standard InChI is InChI=1S/C16H23NO4/c18-15-8-3-1-2-7-14(15)17-9-10-21-13-6-4-5-12(11-13)16(19)20/h4-6,11,14-15,17-18H,1-3,7-10H2,(H,19,20). The summed E-state index contributed by atoms with van der Waals surface area (Å²) in [5.41, 5.74) is 0.222. The third-order valence-electron chi connectivity index (χ3n) is 3.84. The van der Waals surface area contributed by atoms with Crippen LogP contribution in [0.2, 0.25) is 0 Å². The van der Waals surface area contributed by atoms with E-state index in [2.05, 4.69) is 5.32 Å². The van der Waals surface area contributed by atoms with Gasteiger partial charge < -0.3 is 20.3 Å². The minimum Gasteiger partial charge on any atom is -0.492 e. The van der Waals surface area contributed by atoms with Crippen molar-refractivity contribution in [2.75, 3.05) is 13.2 Å². The summed E-state index contributed by atoms with van der Waals surface area (Å²) in [5, 5.41) is 22.2. The fraction of sp³-hybridized carbons (Fsp3) is 0.562. The maximum Gasteiger partial charge on any atom is 0.335 e. The van der Waals surface area contributed by atoms with Crippen LogP contribution in [0, 0.1) is 0 Å². The molecule has 3 N–H and O–H groups in total. The predicted octanol–water partition coefficient (Wildman–Crippen LogP) is 2.05. The van der Waals surface area contributed by atoms with Crippen molar-refractivity contribution in [1.29, 1.82) is 0 Å². The second-order valence-electron chi connectivity index (χ2n) is 5.45. The number of carbonyl (C=O) groups is 1. The number of hydrogen-bond donors (Lipinski definition) is 3. The zero-order chi connectivity index (χ0) is 15.1. The lowest BCUT2D eigenvalue weighted by Crippen LogP contribution is -2.41. The van der Waals surface area contributed by atoms with Crippen LogP contribution in [0.25, 0.3) is 0 Å². The fourth-order valence-corrected chi connectivity index (χ4v) is 2.66. The normalized spacial score (nSPS) is 22.5. The lowest BCUT2D eigenvalue weighted by atomic mass is 10.1. The molecule has 0 heterocycles. The minimum atomic E-state index is -0.958. The third-order valence-corrected chi connectivity index (χ3v) is 3.84. The van der Waals surface area contributed by atoms with E-state index in [9.17, 15) is 9.90 Å². The molecule has 1 aromatic carbocycles. The molecule has 0 aliphatic heterocycles. The molecule has 2 unspecified atom stereocenters. The van der Waals surface area contributed by atoms with Gasteiger partial charge in [-0.3, -0.25) is 0 Å². The van der Waals surface area contributed by atoms with Crippen molar-refractivity contribution in [1.82, 2.24) is 5.32 Å². The van der Waals surface area contributed by atoms with Crippen molar-refractivity contribution in [2.45, 2.75) is 44.2 Å². The van der Waals surface area contributed by atoms with Crippen molar-refractivity contribution in [2.24, 2.45) is 0 Å². The summed E-state index contributed by atoms with van der Waals surface area (Å²) in [5.74, 6) is -0.404. The van der Waals surface area contributed by atoms with Gasteiger partial charge in [-0.1, -0.05) is 25.3 Å². The second kappa shape index (κ2) is 8.00. The number of rotatable bonds is 6. The number of carboxylic acids is 1. The molecule has 5 heteroatoms. The number of hydrogen-bond acceptors (Lipinski definition) is 4. The number of ether oxygens (including phenoxy) is 1. The number of aliphatic hydroxyl groups is 1. The van der Waals surface area contributed by atoms with Gasteiger partial charge in [-0.2, -0.15) is 0 Å². The van der Waals surface area contributed by atoms with Gasteiger partial charge >= 0.3 is 5.97 Å². The Morgan fingerprint density at radius 1 is 1.29 bits per heavy atom. The number of carboxylic acid groups (broad SMARTS) is 1. The lowest BCUT2D eigenvalue weighted by Gasteiger charge is -2.21. The molecule has 21 heavy (non-hydrogen) atoms. The molecule has 0 radical (unpaired) electrons. The summed E-state index contributed by atoms with van der Waals surface area (Å²) in [4.78, 5) is 10.9. The third kappa shape index (κ3) is 5.02. The Balaban J connectivity index is 1.74. The molecule has 116 valence electrons. The van der Waals surface area contributed by atoms with Gasteiger partial charge in [0.15, 0.2) is 0 Å². The van der Waals surface area contributed by atoms with Crippen molar-refractivity contribution >= 4 is 5.97 Å². The Morgan fingerprint density at radius 2 is 2.10 bits per heavy atom. The maximum absolute atomic E-state index is 10.9. The predicted molar refractivity (Wildman–Crippen MR) is 79.8 cm³/mol. The molecule has 0 saturated heterocycles. The van der Waals surface area contributed by atoms with Gasteiger partial charge in [0, 0.05) is 12.6 Å². The number of aliphatic hydroxyl groups excluding tert-OH is 1. The fourth-order valence-electron chi connectivity index (χ4n) is 2.66. The zero-order valence-corrected chi connectivity index (χ0v) is 12.1. The molecule has 0 amide bonds. The Hall–Kier alpha value is -1.59. The monoisotopic (exact) mass is 293 g/mol. The summed E-state index contributed by atoms with van der Waals surface area (Å²) < 4.78 is 5.55. The highest BCUT2D eigenvalue weighted by molar-refractivity contribution is 5.87. The molecule has 1 fully saturated rings. The topological polar surface area (TPSA) is 78.8 Å². The van der Waals surface area contributed by atoms with E-state index in [4.69, 9.17) is 9.84 Å². The van der Waals surface area contributed by atoms with E-state index in [0.29, 0.717) is 18.9 Å². The number of benzene rings is 1. The summed E-state index contributed by atoms with van der Waals surface area (Å²) in [6.07, 6.45) is 5.01. The Labute approximate surface area is 124 Å². The Morgan fingerprint density at radius 3 is 2.90 bits per heavy atom. The molecular weight excluding hydrogens is 270 g/mol. The zero-order valence-electron chi connectivity index (χ0n) is 12.1. The Kier molecular flexibility index (Phi) is 6.02. The number of nitrogens with one attached hydrogen (secondary N) is 1. The lowest BCUT2D eigenvalue weighted by molar-refractivity contribution is 0.0696. The van der Waals surface area contributed by atoms with Crippen LogP contribution in [0.4, 0.5) is 0 Å². The van der Waals surface area contributed by atoms with E-state index < -0.39 is 5.97 Å². The van der Waals surface area contributed by atoms with Gasteiger partial charge in [0.05, 0.1) is 11.7 Å². The summed E-state index contributed by atoms with van der Waals surface area (Å²) >= 11 is 0. The maximum atomic E-state index is 10.9. The molecule has 1 saturated carbocycles. The molecule has 1 aliphatic carbocycles. The van der Waals surface area contributed by atoms with Crippen LogP contribution < -0.4 is 10.1 Å². The van der Waals surface area contributed by atoms with Crippen molar-refractivity contribution < 1.29 is 19.7 Å². The molecule has 0 aromatic heterocycles. The summed E-state index contributed by atoms with van der Waals surface area (Å²) in [7, 11) is 0. The molecule has 0 spiro atoms. The second-order valence-corrected chi connectivity index (χ2v) is 5.45.